The first-order valence-electron chi connectivity index (χ1n) is 5.20. The summed E-state index contributed by atoms with van der Waals surface area (Å²) in [6.45, 7) is 0. The molecule has 0 fully saturated rings. The summed E-state index contributed by atoms with van der Waals surface area (Å²) in [6, 6.07) is 7.38. The minimum absolute atomic E-state index is 0.242. The fraction of sp³-hybridized carbons (Fsp3) is 0.0833. The molecule has 0 N–H and O–H groups in total. The van der Waals surface area contributed by atoms with E-state index in [4.69, 9.17) is 0 Å². The van der Waals surface area contributed by atoms with Crippen LogP contribution in [0, 0.1) is 0 Å². The Labute approximate surface area is 105 Å². The SMILES string of the molecule is COC(=O)/C=c1\sc2nc3ccccc3n2c1=O. The van der Waals surface area contributed by atoms with E-state index < -0.39 is 5.97 Å². The molecule has 0 unspecified atom stereocenters. The van der Waals surface area contributed by atoms with Crippen molar-refractivity contribution >= 4 is 39.4 Å². The van der Waals surface area contributed by atoms with E-state index in [1.54, 1.807) is 0 Å². The Morgan fingerprint density at radius 3 is 3.00 bits per heavy atom. The molecule has 3 aromatic rings. The topological polar surface area (TPSA) is 60.7 Å². The van der Waals surface area contributed by atoms with Crippen molar-refractivity contribution in [3.63, 3.8) is 0 Å². The molecule has 0 atom stereocenters. The number of benzene rings is 1. The molecule has 0 aliphatic carbocycles. The van der Waals surface area contributed by atoms with E-state index in [0.29, 0.717) is 9.49 Å². The summed E-state index contributed by atoms with van der Waals surface area (Å²) in [6.07, 6.45) is 1.19. The van der Waals surface area contributed by atoms with Gasteiger partial charge in [-0.25, -0.2) is 14.2 Å². The smallest absolute Gasteiger partial charge is 0.332 e. The summed E-state index contributed by atoms with van der Waals surface area (Å²) >= 11 is 1.18. The fourth-order valence-corrected chi connectivity index (χ4v) is 2.72. The van der Waals surface area contributed by atoms with Crippen LogP contribution in [0.5, 0.6) is 0 Å². The number of methoxy groups -OCH3 is 1. The second kappa shape index (κ2) is 3.92. The number of carbonyl (C=O) groups is 1. The molecule has 0 aliphatic rings. The summed E-state index contributed by atoms with van der Waals surface area (Å²) in [4.78, 5) is 28.2. The van der Waals surface area contributed by atoms with Gasteiger partial charge < -0.3 is 4.74 Å². The Morgan fingerprint density at radius 1 is 1.44 bits per heavy atom. The third kappa shape index (κ3) is 1.50. The normalized spacial score (nSPS) is 12.4. The van der Waals surface area contributed by atoms with Crippen LogP contribution in [0.2, 0.25) is 0 Å². The first-order valence-corrected chi connectivity index (χ1v) is 6.02. The Balaban J connectivity index is 2.40. The number of nitrogens with zero attached hydrogens (tertiary/aromatic N) is 2. The highest BCUT2D eigenvalue weighted by molar-refractivity contribution is 7.15. The Morgan fingerprint density at radius 2 is 2.22 bits per heavy atom. The number of para-hydroxylation sites is 2. The standard InChI is InChI=1S/C12H8N2O3S/c1-17-10(15)6-9-11(16)14-8-5-3-2-4-7(8)13-12(14)18-9/h2-6H,1H3/b9-6-. The molecule has 0 saturated heterocycles. The molecule has 6 heteroatoms. The highest BCUT2D eigenvalue weighted by atomic mass is 32.1. The fourth-order valence-electron chi connectivity index (χ4n) is 1.78. The van der Waals surface area contributed by atoms with Crippen LogP contribution < -0.4 is 10.1 Å². The molecule has 0 bridgehead atoms. The molecule has 3 rings (SSSR count). The van der Waals surface area contributed by atoms with Crippen LogP contribution in [0.1, 0.15) is 0 Å². The van der Waals surface area contributed by atoms with E-state index in [1.165, 1.54) is 28.9 Å². The lowest BCUT2D eigenvalue weighted by Gasteiger charge is -1.87. The van der Waals surface area contributed by atoms with Gasteiger partial charge in [-0.15, -0.1) is 0 Å². The van der Waals surface area contributed by atoms with E-state index in [0.717, 1.165) is 11.0 Å². The number of rotatable bonds is 1. The number of esters is 1. The first-order chi connectivity index (χ1) is 8.70. The molecular formula is C12H8N2O3S. The van der Waals surface area contributed by atoms with Gasteiger partial charge in [0.1, 0.15) is 4.53 Å². The molecule has 0 saturated carbocycles. The molecule has 5 nitrogen and oxygen atoms in total. The lowest BCUT2D eigenvalue weighted by atomic mass is 10.3. The number of ether oxygens (including phenoxy) is 1. The molecule has 0 aliphatic heterocycles. The van der Waals surface area contributed by atoms with E-state index in [-0.39, 0.29) is 5.56 Å². The molecule has 0 radical (unpaired) electrons. The summed E-state index contributed by atoms with van der Waals surface area (Å²) in [5, 5.41) is 0. The van der Waals surface area contributed by atoms with Gasteiger partial charge in [0.05, 0.1) is 18.1 Å². The van der Waals surface area contributed by atoms with Crippen molar-refractivity contribution in [3.05, 3.63) is 39.2 Å². The van der Waals surface area contributed by atoms with Gasteiger partial charge in [0.15, 0.2) is 4.96 Å². The quantitative estimate of drug-likeness (QED) is 0.601. The molecule has 2 aromatic heterocycles. The lowest BCUT2D eigenvalue weighted by molar-refractivity contribution is -0.133. The molecule has 18 heavy (non-hydrogen) atoms. The average molecular weight is 260 g/mol. The third-order valence-electron chi connectivity index (χ3n) is 2.60. The number of aromatic nitrogens is 2. The zero-order valence-corrected chi connectivity index (χ0v) is 10.2. The van der Waals surface area contributed by atoms with E-state index >= 15 is 0 Å². The molecule has 0 amide bonds. The van der Waals surface area contributed by atoms with Crippen LogP contribution in [0.25, 0.3) is 22.1 Å². The lowest BCUT2D eigenvalue weighted by Crippen LogP contribution is -2.24. The monoisotopic (exact) mass is 260 g/mol. The van der Waals surface area contributed by atoms with Crippen molar-refractivity contribution in [2.24, 2.45) is 0 Å². The van der Waals surface area contributed by atoms with Gasteiger partial charge in [-0.3, -0.25) is 4.79 Å². The largest absolute Gasteiger partial charge is 0.466 e. The second-order valence-electron chi connectivity index (χ2n) is 3.66. The third-order valence-corrected chi connectivity index (χ3v) is 3.56. The Bertz CT molecular complexity index is 863. The molecular weight excluding hydrogens is 252 g/mol. The van der Waals surface area contributed by atoms with Gasteiger partial charge in [0, 0.05) is 6.08 Å². The molecule has 0 spiro atoms. The number of fused-ring (bicyclic) bond motifs is 3. The molecule has 1 aromatic carbocycles. The molecule has 2 heterocycles. The van der Waals surface area contributed by atoms with Gasteiger partial charge in [0.2, 0.25) is 0 Å². The zero-order valence-electron chi connectivity index (χ0n) is 9.41. The maximum atomic E-state index is 12.1. The van der Waals surface area contributed by atoms with E-state index in [9.17, 15) is 9.59 Å². The van der Waals surface area contributed by atoms with Crippen LogP contribution in [0.15, 0.2) is 29.1 Å². The van der Waals surface area contributed by atoms with Crippen LogP contribution in [0.4, 0.5) is 0 Å². The van der Waals surface area contributed by atoms with Crippen molar-refractivity contribution in [2.45, 2.75) is 0 Å². The van der Waals surface area contributed by atoms with E-state index in [1.807, 2.05) is 24.3 Å². The number of hydrogen-bond acceptors (Lipinski definition) is 5. The van der Waals surface area contributed by atoms with Crippen molar-refractivity contribution in [1.82, 2.24) is 9.38 Å². The van der Waals surface area contributed by atoms with Gasteiger partial charge in [-0.2, -0.15) is 0 Å². The van der Waals surface area contributed by atoms with Crippen molar-refractivity contribution < 1.29 is 9.53 Å². The predicted octanol–water partition coefficient (Wildman–Crippen LogP) is 0.582. The van der Waals surface area contributed by atoms with Crippen LogP contribution in [-0.2, 0) is 9.53 Å². The maximum absolute atomic E-state index is 12.1. The number of carbonyl (C=O) groups excluding carboxylic acids is 1. The minimum atomic E-state index is -0.541. The predicted molar refractivity (Wildman–Crippen MR) is 68.5 cm³/mol. The highest BCUT2D eigenvalue weighted by Gasteiger charge is 2.10. The van der Waals surface area contributed by atoms with Crippen LogP contribution >= 0.6 is 11.3 Å². The summed E-state index contributed by atoms with van der Waals surface area (Å²) in [5.41, 5.74) is 1.28. The number of thiazole rings is 1. The van der Waals surface area contributed by atoms with Gasteiger partial charge in [-0.1, -0.05) is 23.5 Å². The summed E-state index contributed by atoms with van der Waals surface area (Å²) in [5.74, 6) is -0.541. The summed E-state index contributed by atoms with van der Waals surface area (Å²) < 4.78 is 6.35. The van der Waals surface area contributed by atoms with Crippen molar-refractivity contribution in [1.29, 1.82) is 0 Å². The van der Waals surface area contributed by atoms with Crippen LogP contribution in [-0.4, -0.2) is 22.5 Å². The maximum Gasteiger partial charge on any atom is 0.332 e. The van der Waals surface area contributed by atoms with Crippen molar-refractivity contribution in [2.75, 3.05) is 7.11 Å². The Hall–Kier alpha value is -2.21. The van der Waals surface area contributed by atoms with Gasteiger partial charge >= 0.3 is 5.97 Å². The summed E-state index contributed by atoms with van der Waals surface area (Å²) in [7, 11) is 1.28. The van der Waals surface area contributed by atoms with Gasteiger partial charge in [0.25, 0.3) is 5.56 Å². The van der Waals surface area contributed by atoms with Gasteiger partial charge in [-0.05, 0) is 12.1 Å². The van der Waals surface area contributed by atoms with E-state index in [2.05, 4.69) is 9.72 Å². The highest BCUT2D eigenvalue weighted by Crippen LogP contribution is 2.15. The number of imidazole rings is 1. The minimum Gasteiger partial charge on any atom is -0.466 e. The first kappa shape index (κ1) is 10.9. The van der Waals surface area contributed by atoms with Crippen molar-refractivity contribution in [3.8, 4) is 0 Å². The average Bonchev–Trinajstić information content (AvgIpc) is 2.87. The Kier molecular flexibility index (Phi) is 2.38. The number of hydrogen-bond donors (Lipinski definition) is 0. The second-order valence-corrected chi connectivity index (χ2v) is 4.67. The van der Waals surface area contributed by atoms with Crippen LogP contribution in [0.3, 0.4) is 0 Å². The zero-order chi connectivity index (χ0) is 12.7. The molecule has 90 valence electrons.